The Morgan fingerprint density at radius 1 is 0.607 bits per heavy atom. The first-order valence-electron chi connectivity index (χ1n) is 9.45. The predicted octanol–water partition coefficient (Wildman–Crippen LogP) is 2.59. The van der Waals surface area contributed by atoms with E-state index in [1.807, 2.05) is 0 Å². The number of nitrogens with one attached hydrogen (secondary N) is 2. The third-order valence-corrected chi connectivity index (χ3v) is 7.54. The van der Waals surface area contributed by atoms with Gasteiger partial charge in [-0.3, -0.25) is 0 Å². The molecule has 0 fully saturated rings. The molecule has 0 aliphatic rings. The summed E-state index contributed by atoms with van der Waals surface area (Å²) in [5.74, 6) is 0.130. The van der Waals surface area contributed by atoms with Crippen LogP contribution in [0, 0.1) is 0 Å². The number of unbranched alkanes of at least 4 members (excludes halogenated alkanes) is 2. The second kappa shape index (κ2) is 11.3. The number of benzene rings is 2. The Morgan fingerprint density at radius 2 is 1.14 bits per heavy atom. The molecule has 0 radical (unpaired) electrons. The summed E-state index contributed by atoms with van der Waals surface area (Å²) >= 11 is 0. The minimum Gasteiger partial charge on any atom is -0.317 e. The van der Waals surface area contributed by atoms with Crippen LogP contribution < -0.4 is 10.0 Å². The van der Waals surface area contributed by atoms with Gasteiger partial charge in [0.1, 0.15) is 0 Å². The maximum absolute atomic E-state index is 12.1. The molecule has 2 aromatic carbocycles. The molecule has 0 saturated carbocycles. The molecule has 0 aromatic heterocycles. The van der Waals surface area contributed by atoms with E-state index < -0.39 is 19.9 Å². The van der Waals surface area contributed by atoms with Crippen molar-refractivity contribution in [1.82, 2.24) is 10.0 Å². The fourth-order valence-corrected chi connectivity index (χ4v) is 5.13. The van der Waals surface area contributed by atoms with Gasteiger partial charge in [-0.15, -0.1) is 0 Å². The van der Waals surface area contributed by atoms with Gasteiger partial charge in [-0.25, -0.2) is 21.6 Å². The molecule has 0 unspecified atom stereocenters. The third-order valence-electron chi connectivity index (χ3n) is 4.24. The van der Waals surface area contributed by atoms with Crippen LogP contribution in [0.25, 0.3) is 0 Å². The van der Waals surface area contributed by atoms with E-state index in [-0.39, 0.29) is 10.6 Å². The Balaban J connectivity index is 1.51. The van der Waals surface area contributed by atoms with E-state index in [1.165, 1.54) is 0 Å². The van der Waals surface area contributed by atoms with Gasteiger partial charge in [0.05, 0.1) is 15.5 Å². The quantitative estimate of drug-likeness (QED) is 0.482. The lowest BCUT2D eigenvalue weighted by Gasteiger charge is -2.08. The second-order valence-corrected chi connectivity index (χ2v) is 10.4. The molecule has 2 aromatic rings. The van der Waals surface area contributed by atoms with Crippen molar-refractivity contribution in [3.63, 3.8) is 0 Å². The van der Waals surface area contributed by atoms with E-state index >= 15 is 0 Å². The fourth-order valence-electron chi connectivity index (χ4n) is 2.70. The first kappa shape index (κ1) is 22.5. The lowest BCUT2D eigenvalue weighted by Crippen LogP contribution is -2.25. The molecular formula is C20H28N2O4S2. The standard InChI is InChI=1S/C20H28N2O4S2/c23-27(24,19-11-4-1-5-12-19)18-10-16-21-15-8-3-9-17-22-28(25,26)20-13-6-2-7-14-20/h1-2,4-7,11-14,21-22H,3,8-10,15-18H2. The highest BCUT2D eigenvalue weighted by Crippen LogP contribution is 2.10. The van der Waals surface area contributed by atoms with Gasteiger partial charge in [0.25, 0.3) is 0 Å². The lowest BCUT2D eigenvalue weighted by molar-refractivity contribution is 0.564. The van der Waals surface area contributed by atoms with Crippen molar-refractivity contribution < 1.29 is 16.8 Å². The molecule has 0 spiro atoms. The topological polar surface area (TPSA) is 92.3 Å². The van der Waals surface area contributed by atoms with E-state index in [1.54, 1.807) is 60.7 Å². The Kier molecular flexibility index (Phi) is 9.11. The average molecular weight is 425 g/mol. The summed E-state index contributed by atoms with van der Waals surface area (Å²) < 4.78 is 51.0. The number of hydrogen-bond donors (Lipinski definition) is 2. The summed E-state index contributed by atoms with van der Waals surface area (Å²) in [5, 5.41) is 3.24. The summed E-state index contributed by atoms with van der Waals surface area (Å²) in [6.07, 6.45) is 3.13. The summed E-state index contributed by atoms with van der Waals surface area (Å²) in [7, 11) is -6.63. The Bertz CT molecular complexity index is 822. The van der Waals surface area contributed by atoms with Crippen molar-refractivity contribution >= 4 is 19.9 Å². The normalized spacial score (nSPS) is 12.1. The van der Waals surface area contributed by atoms with Gasteiger partial charge < -0.3 is 5.32 Å². The zero-order valence-corrected chi connectivity index (χ0v) is 17.5. The van der Waals surface area contributed by atoms with Crippen LogP contribution in [0.3, 0.4) is 0 Å². The summed E-state index contributed by atoms with van der Waals surface area (Å²) in [6.45, 7) is 1.84. The molecule has 0 bridgehead atoms. The van der Waals surface area contributed by atoms with Crippen LogP contribution in [0.2, 0.25) is 0 Å². The van der Waals surface area contributed by atoms with Gasteiger partial charge in [-0.05, 0) is 56.6 Å². The Labute approximate surface area is 168 Å². The molecule has 0 heterocycles. The Hall–Kier alpha value is -1.74. The molecule has 2 N–H and O–H groups in total. The summed E-state index contributed by atoms with van der Waals surface area (Å²) in [6, 6.07) is 16.8. The molecule has 2 rings (SSSR count). The number of rotatable bonds is 13. The molecule has 6 nitrogen and oxygen atoms in total. The minimum absolute atomic E-state index is 0.130. The van der Waals surface area contributed by atoms with E-state index in [4.69, 9.17) is 0 Å². The van der Waals surface area contributed by atoms with Crippen molar-refractivity contribution in [2.75, 3.05) is 25.4 Å². The molecule has 0 atom stereocenters. The average Bonchev–Trinajstić information content (AvgIpc) is 2.70. The molecule has 0 aliphatic heterocycles. The summed E-state index contributed by atoms with van der Waals surface area (Å²) in [4.78, 5) is 0.648. The van der Waals surface area contributed by atoms with Gasteiger partial charge in [0.2, 0.25) is 10.0 Å². The highest BCUT2D eigenvalue weighted by atomic mass is 32.2. The first-order valence-corrected chi connectivity index (χ1v) is 12.6. The molecule has 28 heavy (non-hydrogen) atoms. The van der Waals surface area contributed by atoms with E-state index in [0.29, 0.717) is 24.4 Å². The highest BCUT2D eigenvalue weighted by Gasteiger charge is 2.13. The van der Waals surface area contributed by atoms with Crippen LogP contribution in [-0.4, -0.2) is 42.2 Å². The fraction of sp³-hybridized carbons (Fsp3) is 0.400. The third kappa shape index (κ3) is 7.71. The molecule has 0 amide bonds. The van der Waals surface area contributed by atoms with Gasteiger partial charge in [0.15, 0.2) is 9.84 Å². The number of sulfonamides is 1. The Morgan fingerprint density at radius 3 is 1.79 bits per heavy atom. The number of hydrogen-bond acceptors (Lipinski definition) is 5. The number of sulfone groups is 1. The SMILES string of the molecule is O=S(=O)(CCCNCCCCCNS(=O)(=O)c1ccccc1)c1ccccc1. The first-order chi connectivity index (χ1) is 13.4. The van der Waals surface area contributed by atoms with Gasteiger partial charge in [-0.2, -0.15) is 0 Å². The van der Waals surface area contributed by atoms with Crippen molar-refractivity contribution in [3.8, 4) is 0 Å². The van der Waals surface area contributed by atoms with Gasteiger partial charge in [0, 0.05) is 6.54 Å². The maximum Gasteiger partial charge on any atom is 0.240 e. The summed E-state index contributed by atoms with van der Waals surface area (Å²) in [5.41, 5.74) is 0. The van der Waals surface area contributed by atoms with Crippen LogP contribution >= 0.6 is 0 Å². The van der Waals surface area contributed by atoms with Crippen LogP contribution in [0.5, 0.6) is 0 Å². The van der Waals surface area contributed by atoms with Gasteiger partial charge >= 0.3 is 0 Å². The van der Waals surface area contributed by atoms with Crippen molar-refractivity contribution in [3.05, 3.63) is 60.7 Å². The van der Waals surface area contributed by atoms with Crippen molar-refractivity contribution in [1.29, 1.82) is 0 Å². The smallest absolute Gasteiger partial charge is 0.240 e. The van der Waals surface area contributed by atoms with Gasteiger partial charge in [-0.1, -0.05) is 42.8 Å². The van der Waals surface area contributed by atoms with E-state index in [0.717, 1.165) is 25.8 Å². The molecule has 8 heteroatoms. The van der Waals surface area contributed by atoms with Crippen LogP contribution in [0.4, 0.5) is 0 Å². The van der Waals surface area contributed by atoms with Crippen LogP contribution in [-0.2, 0) is 19.9 Å². The van der Waals surface area contributed by atoms with Crippen LogP contribution in [0.15, 0.2) is 70.5 Å². The zero-order valence-electron chi connectivity index (χ0n) is 15.9. The zero-order chi connectivity index (χ0) is 20.3. The minimum atomic E-state index is -3.42. The molecule has 0 saturated heterocycles. The predicted molar refractivity (Wildman–Crippen MR) is 111 cm³/mol. The maximum atomic E-state index is 12.1. The largest absolute Gasteiger partial charge is 0.317 e. The van der Waals surface area contributed by atoms with E-state index in [9.17, 15) is 16.8 Å². The molecule has 0 aliphatic carbocycles. The monoisotopic (exact) mass is 424 g/mol. The molecule has 154 valence electrons. The second-order valence-electron chi connectivity index (χ2n) is 6.51. The van der Waals surface area contributed by atoms with E-state index in [2.05, 4.69) is 10.0 Å². The molecular weight excluding hydrogens is 396 g/mol. The van der Waals surface area contributed by atoms with Crippen molar-refractivity contribution in [2.45, 2.75) is 35.5 Å². The van der Waals surface area contributed by atoms with Crippen molar-refractivity contribution in [2.24, 2.45) is 0 Å². The lowest BCUT2D eigenvalue weighted by atomic mass is 10.2. The van der Waals surface area contributed by atoms with Crippen LogP contribution in [0.1, 0.15) is 25.7 Å². The highest BCUT2D eigenvalue weighted by molar-refractivity contribution is 7.91.